The van der Waals surface area contributed by atoms with Gasteiger partial charge in [-0.2, -0.15) is 0 Å². The summed E-state index contributed by atoms with van der Waals surface area (Å²) < 4.78 is 2.92. The summed E-state index contributed by atoms with van der Waals surface area (Å²) in [5.41, 5.74) is 0.954. The molecule has 1 aromatic carbocycles. The van der Waals surface area contributed by atoms with Gasteiger partial charge in [-0.15, -0.1) is 0 Å². The first kappa shape index (κ1) is 8.43. The Bertz CT molecular complexity index is 239. The number of anilines is 1. The Balaban J connectivity index is 3.04. The van der Waals surface area contributed by atoms with Crippen LogP contribution in [0.2, 0.25) is 10.0 Å². The van der Waals surface area contributed by atoms with Gasteiger partial charge in [0.25, 0.3) is 0 Å². The summed E-state index contributed by atoms with van der Waals surface area (Å²) in [5.74, 6) is 0. The summed E-state index contributed by atoms with van der Waals surface area (Å²) in [7, 11) is 0. The van der Waals surface area contributed by atoms with Crippen LogP contribution in [0.3, 0.4) is 0 Å². The maximum absolute atomic E-state index is 5.72. The number of nitrogens with one attached hydrogen (secondary N) is 1. The van der Waals surface area contributed by atoms with E-state index in [-0.39, 0.29) is 0 Å². The van der Waals surface area contributed by atoms with E-state index in [1.807, 2.05) is 28.9 Å². The lowest BCUT2D eigenvalue weighted by atomic mass is 10.3. The number of benzene rings is 1. The largest absolute Gasteiger partial charge is 0.328 e. The van der Waals surface area contributed by atoms with Crippen LogP contribution in [0, 0.1) is 0 Å². The van der Waals surface area contributed by atoms with Crippen molar-refractivity contribution in [3.05, 3.63) is 28.2 Å². The Morgan fingerprint density at radius 1 is 1.20 bits per heavy atom. The van der Waals surface area contributed by atoms with Gasteiger partial charge in [0.1, 0.15) is 0 Å². The molecule has 0 unspecified atom stereocenters. The molecule has 0 saturated heterocycles. The zero-order valence-electron chi connectivity index (χ0n) is 4.87. The molecule has 0 bridgehead atoms. The van der Waals surface area contributed by atoms with Crippen molar-refractivity contribution in [2.24, 2.45) is 0 Å². The normalized spacial score (nSPS) is 9.50. The molecule has 4 heteroatoms. The maximum Gasteiger partial charge on any atom is 0.0613 e. The van der Waals surface area contributed by atoms with E-state index in [1.54, 1.807) is 12.1 Å². The molecule has 1 aromatic rings. The average Bonchev–Trinajstić information content (AvgIpc) is 1.95. The van der Waals surface area contributed by atoms with Gasteiger partial charge in [-0.05, 0) is 18.2 Å². The highest BCUT2D eigenvalue weighted by molar-refractivity contribution is 14.1. The Labute approximate surface area is 83.2 Å². The molecule has 1 N–H and O–H groups in total. The van der Waals surface area contributed by atoms with Gasteiger partial charge in [-0.1, -0.05) is 23.2 Å². The predicted octanol–water partition coefficient (Wildman–Crippen LogP) is 3.76. The topological polar surface area (TPSA) is 12.0 Å². The monoisotopic (exact) mass is 287 g/mol. The lowest BCUT2D eigenvalue weighted by Gasteiger charge is -1.98. The van der Waals surface area contributed by atoms with Crippen molar-refractivity contribution in [3.63, 3.8) is 0 Å². The fourth-order valence-electron chi connectivity index (χ4n) is 0.555. The second-order valence-corrected chi connectivity index (χ2v) is 3.08. The van der Waals surface area contributed by atoms with Crippen LogP contribution in [0.5, 0.6) is 0 Å². The molecule has 1 nitrogen and oxygen atoms in total. The summed E-state index contributed by atoms with van der Waals surface area (Å²) >= 11 is 13.4. The highest BCUT2D eigenvalue weighted by atomic mass is 127. The third-order valence-corrected chi connectivity index (χ3v) is 2.39. The Morgan fingerprint density at radius 3 is 2.40 bits per heavy atom. The van der Waals surface area contributed by atoms with Gasteiger partial charge in [-0.3, -0.25) is 0 Å². The molecular formula is C6H4Cl2IN. The van der Waals surface area contributed by atoms with Crippen LogP contribution in [0.25, 0.3) is 0 Å². The Morgan fingerprint density at radius 2 is 1.90 bits per heavy atom. The van der Waals surface area contributed by atoms with Crippen LogP contribution in [-0.2, 0) is 0 Å². The maximum atomic E-state index is 5.72. The van der Waals surface area contributed by atoms with Crippen LogP contribution < -0.4 is 3.53 Å². The minimum absolute atomic E-state index is 0.573. The zero-order valence-corrected chi connectivity index (χ0v) is 8.54. The number of hydrogen-bond acceptors (Lipinski definition) is 1. The zero-order chi connectivity index (χ0) is 7.56. The first-order valence-electron chi connectivity index (χ1n) is 2.55. The summed E-state index contributed by atoms with van der Waals surface area (Å²) in [6.07, 6.45) is 0. The van der Waals surface area contributed by atoms with Crippen molar-refractivity contribution in [3.8, 4) is 0 Å². The summed E-state index contributed by atoms with van der Waals surface area (Å²) in [4.78, 5) is 0. The second-order valence-electron chi connectivity index (χ2n) is 1.72. The van der Waals surface area contributed by atoms with Crippen LogP contribution in [0.15, 0.2) is 18.2 Å². The molecule has 0 atom stereocenters. The van der Waals surface area contributed by atoms with Crippen molar-refractivity contribution in [1.82, 2.24) is 0 Å². The summed E-state index contributed by atoms with van der Waals surface area (Å²) in [6.45, 7) is 0. The predicted molar refractivity (Wildman–Crippen MR) is 54.1 cm³/mol. The van der Waals surface area contributed by atoms with Gasteiger partial charge in [0.05, 0.1) is 32.9 Å². The van der Waals surface area contributed by atoms with Crippen molar-refractivity contribution in [2.75, 3.05) is 3.53 Å². The smallest absolute Gasteiger partial charge is 0.0613 e. The summed E-state index contributed by atoms with van der Waals surface area (Å²) in [6, 6.07) is 5.39. The van der Waals surface area contributed by atoms with Gasteiger partial charge in [0.2, 0.25) is 0 Å². The van der Waals surface area contributed by atoms with E-state index in [0.29, 0.717) is 10.0 Å². The molecule has 0 spiro atoms. The molecule has 10 heavy (non-hydrogen) atoms. The van der Waals surface area contributed by atoms with Gasteiger partial charge < -0.3 is 3.53 Å². The highest BCUT2D eigenvalue weighted by Crippen LogP contribution is 2.25. The fraction of sp³-hybridized carbons (Fsp3) is 0. The number of hydrogen-bond donors (Lipinski definition) is 1. The van der Waals surface area contributed by atoms with E-state index < -0.39 is 0 Å². The van der Waals surface area contributed by atoms with Crippen molar-refractivity contribution >= 4 is 51.8 Å². The Hall–Kier alpha value is 0.330. The van der Waals surface area contributed by atoms with Gasteiger partial charge in [-0.25, -0.2) is 0 Å². The third-order valence-electron chi connectivity index (χ3n) is 1.03. The lowest BCUT2D eigenvalue weighted by molar-refractivity contribution is 1.69. The molecule has 0 aliphatic heterocycles. The standard InChI is InChI=1S/C6H4Cl2IN/c7-5-2-1-4(10-9)3-6(5)8/h1-3,10H. The molecule has 54 valence electrons. The molecule has 1 rings (SSSR count). The first-order chi connectivity index (χ1) is 4.74. The van der Waals surface area contributed by atoms with Crippen LogP contribution in [0.1, 0.15) is 0 Å². The van der Waals surface area contributed by atoms with Crippen LogP contribution in [0.4, 0.5) is 5.69 Å². The average molecular weight is 288 g/mol. The van der Waals surface area contributed by atoms with E-state index in [2.05, 4.69) is 3.53 Å². The molecule has 0 amide bonds. The van der Waals surface area contributed by atoms with E-state index >= 15 is 0 Å². The Kier molecular flexibility index (Phi) is 3.07. The van der Waals surface area contributed by atoms with Crippen molar-refractivity contribution in [2.45, 2.75) is 0 Å². The SMILES string of the molecule is Clc1ccc(NI)cc1Cl. The first-order valence-corrected chi connectivity index (χ1v) is 4.39. The highest BCUT2D eigenvalue weighted by Gasteiger charge is 1.96. The summed E-state index contributed by atoms with van der Waals surface area (Å²) in [5, 5.41) is 1.15. The van der Waals surface area contributed by atoms with Gasteiger partial charge >= 0.3 is 0 Å². The minimum atomic E-state index is 0.573. The van der Waals surface area contributed by atoms with E-state index in [4.69, 9.17) is 23.2 Å². The molecule has 0 aliphatic carbocycles. The van der Waals surface area contributed by atoms with E-state index in [1.165, 1.54) is 0 Å². The molecule has 0 fully saturated rings. The number of rotatable bonds is 1. The van der Waals surface area contributed by atoms with Crippen molar-refractivity contribution in [1.29, 1.82) is 0 Å². The molecule has 0 aliphatic rings. The van der Waals surface area contributed by atoms with Gasteiger partial charge in [0, 0.05) is 5.69 Å². The van der Waals surface area contributed by atoms with E-state index in [0.717, 1.165) is 5.69 Å². The molecule has 0 saturated carbocycles. The minimum Gasteiger partial charge on any atom is -0.328 e. The van der Waals surface area contributed by atoms with Crippen molar-refractivity contribution < 1.29 is 0 Å². The van der Waals surface area contributed by atoms with Gasteiger partial charge in [0.15, 0.2) is 0 Å². The fourth-order valence-corrected chi connectivity index (χ4v) is 1.19. The lowest BCUT2D eigenvalue weighted by Crippen LogP contribution is -1.77. The third kappa shape index (κ3) is 1.90. The molecule has 0 heterocycles. The quantitative estimate of drug-likeness (QED) is 0.613. The van der Waals surface area contributed by atoms with E-state index in [9.17, 15) is 0 Å². The number of halogens is 3. The van der Waals surface area contributed by atoms with Crippen LogP contribution >= 0.6 is 46.1 Å². The van der Waals surface area contributed by atoms with Crippen LogP contribution in [-0.4, -0.2) is 0 Å². The second kappa shape index (κ2) is 3.64. The molecular weight excluding hydrogens is 284 g/mol. The molecule has 0 radical (unpaired) electrons. The molecule has 0 aromatic heterocycles.